The van der Waals surface area contributed by atoms with Crippen molar-refractivity contribution in [2.24, 2.45) is 5.73 Å². The minimum Gasteiger partial charge on any atom is -0.508 e. The molecule has 0 bridgehead atoms. The number of phenols is 1. The molecule has 0 radical (unpaired) electrons. The number of hydrogen-bond donors (Lipinski definition) is 2. The van der Waals surface area contributed by atoms with E-state index in [1.54, 1.807) is 29.1 Å². The fourth-order valence-electron chi connectivity index (χ4n) is 1.35. The Morgan fingerprint density at radius 1 is 1.47 bits per heavy atom. The van der Waals surface area contributed by atoms with E-state index in [1.165, 1.54) is 0 Å². The van der Waals surface area contributed by atoms with Crippen LogP contribution >= 0.6 is 0 Å². The molecular formula is C11H13N3O. The number of nitrogens with zero attached hydrogens (tertiary/aromatic N) is 2. The molecule has 1 atom stereocenters. The molecule has 1 unspecified atom stereocenters. The molecular weight excluding hydrogens is 190 g/mol. The minimum atomic E-state index is -0.0314. The summed E-state index contributed by atoms with van der Waals surface area (Å²) in [6.45, 7) is 1.91. The Balaban J connectivity index is 2.37. The second-order valence-corrected chi connectivity index (χ2v) is 3.53. The van der Waals surface area contributed by atoms with Crippen molar-refractivity contribution in [2.75, 3.05) is 0 Å². The first kappa shape index (κ1) is 9.73. The largest absolute Gasteiger partial charge is 0.508 e. The number of benzene rings is 1. The molecule has 1 heterocycles. The van der Waals surface area contributed by atoms with Gasteiger partial charge in [-0.3, -0.25) is 0 Å². The second-order valence-electron chi connectivity index (χ2n) is 3.53. The van der Waals surface area contributed by atoms with Crippen LogP contribution in [0.1, 0.15) is 18.5 Å². The van der Waals surface area contributed by atoms with Gasteiger partial charge in [0.05, 0.1) is 11.9 Å². The fraction of sp³-hybridized carbons (Fsp3) is 0.182. The van der Waals surface area contributed by atoms with Crippen LogP contribution in [0.25, 0.3) is 5.69 Å². The zero-order valence-corrected chi connectivity index (χ0v) is 8.46. The van der Waals surface area contributed by atoms with Gasteiger partial charge in [0.15, 0.2) is 0 Å². The molecule has 1 aromatic carbocycles. The van der Waals surface area contributed by atoms with Crippen LogP contribution in [0.15, 0.2) is 36.7 Å². The normalized spacial score (nSPS) is 12.7. The van der Waals surface area contributed by atoms with Gasteiger partial charge in [-0.05, 0) is 19.1 Å². The molecule has 0 saturated heterocycles. The number of phenolic OH excluding ortho intramolecular Hbond substituents is 1. The zero-order valence-electron chi connectivity index (χ0n) is 8.46. The number of nitrogens with two attached hydrogens (primary N) is 1. The maximum absolute atomic E-state index is 9.32. The van der Waals surface area contributed by atoms with E-state index in [4.69, 9.17) is 5.73 Å². The Hall–Kier alpha value is -1.81. The highest BCUT2D eigenvalue weighted by molar-refractivity contribution is 5.38. The predicted octanol–water partition coefficient (Wildman–Crippen LogP) is 1.60. The van der Waals surface area contributed by atoms with Gasteiger partial charge >= 0.3 is 0 Å². The summed E-state index contributed by atoms with van der Waals surface area (Å²) in [4.78, 5) is 0. The Bertz CT molecular complexity index is 462. The van der Waals surface area contributed by atoms with E-state index in [-0.39, 0.29) is 11.8 Å². The van der Waals surface area contributed by atoms with E-state index < -0.39 is 0 Å². The highest BCUT2D eigenvalue weighted by atomic mass is 16.3. The Morgan fingerprint density at radius 3 is 2.87 bits per heavy atom. The first-order valence-corrected chi connectivity index (χ1v) is 4.76. The third kappa shape index (κ3) is 1.99. The lowest BCUT2D eigenvalue weighted by Gasteiger charge is -2.01. The molecule has 0 amide bonds. The van der Waals surface area contributed by atoms with Gasteiger partial charge < -0.3 is 10.8 Å². The number of rotatable bonds is 2. The highest BCUT2D eigenvalue weighted by Gasteiger charge is 2.04. The van der Waals surface area contributed by atoms with Gasteiger partial charge in [0.1, 0.15) is 5.75 Å². The van der Waals surface area contributed by atoms with Crippen molar-refractivity contribution in [3.05, 3.63) is 42.2 Å². The minimum absolute atomic E-state index is 0.0314. The summed E-state index contributed by atoms with van der Waals surface area (Å²) < 4.78 is 1.69. The van der Waals surface area contributed by atoms with Gasteiger partial charge in [0.2, 0.25) is 0 Å². The Labute approximate surface area is 88.0 Å². The lowest BCUT2D eigenvalue weighted by molar-refractivity contribution is 0.475. The van der Waals surface area contributed by atoms with Gasteiger partial charge in [-0.1, -0.05) is 6.07 Å². The second kappa shape index (κ2) is 3.74. The van der Waals surface area contributed by atoms with Crippen LogP contribution in [-0.4, -0.2) is 14.9 Å². The van der Waals surface area contributed by atoms with Gasteiger partial charge in [-0.2, -0.15) is 5.10 Å². The van der Waals surface area contributed by atoms with E-state index >= 15 is 0 Å². The van der Waals surface area contributed by atoms with Crippen molar-refractivity contribution in [3.8, 4) is 11.4 Å². The summed E-state index contributed by atoms with van der Waals surface area (Å²) in [5.74, 6) is 0.227. The molecule has 78 valence electrons. The fourth-order valence-corrected chi connectivity index (χ4v) is 1.35. The highest BCUT2D eigenvalue weighted by Crippen LogP contribution is 2.16. The molecule has 2 rings (SSSR count). The molecule has 0 aliphatic carbocycles. The molecule has 0 saturated carbocycles. The first-order chi connectivity index (χ1) is 7.16. The Morgan fingerprint density at radius 2 is 2.27 bits per heavy atom. The molecule has 15 heavy (non-hydrogen) atoms. The van der Waals surface area contributed by atoms with Crippen molar-refractivity contribution in [1.29, 1.82) is 0 Å². The average Bonchev–Trinajstić information content (AvgIpc) is 2.66. The first-order valence-electron chi connectivity index (χ1n) is 4.76. The van der Waals surface area contributed by atoms with Crippen LogP contribution in [0, 0.1) is 0 Å². The van der Waals surface area contributed by atoms with Crippen LogP contribution in [-0.2, 0) is 0 Å². The van der Waals surface area contributed by atoms with Gasteiger partial charge in [-0.15, -0.1) is 0 Å². The zero-order chi connectivity index (χ0) is 10.8. The average molecular weight is 203 g/mol. The van der Waals surface area contributed by atoms with Crippen molar-refractivity contribution < 1.29 is 5.11 Å². The van der Waals surface area contributed by atoms with Crippen LogP contribution in [0.5, 0.6) is 5.75 Å². The summed E-state index contributed by atoms with van der Waals surface area (Å²) in [7, 11) is 0. The maximum Gasteiger partial charge on any atom is 0.117 e. The van der Waals surface area contributed by atoms with Crippen LogP contribution < -0.4 is 5.73 Å². The van der Waals surface area contributed by atoms with E-state index in [1.807, 2.05) is 19.2 Å². The van der Waals surface area contributed by atoms with E-state index in [0.717, 1.165) is 11.3 Å². The summed E-state index contributed by atoms with van der Waals surface area (Å²) in [6.07, 6.45) is 3.59. The van der Waals surface area contributed by atoms with Crippen molar-refractivity contribution in [1.82, 2.24) is 9.78 Å². The molecule has 4 nitrogen and oxygen atoms in total. The van der Waals surface area contributed by atoms with E-state index in [9.17, 15) is 5.11 Å². The van der Waals surface area contributed by atoms with Crippen molar-refractivity contribution >= 4 is 0 Å². The molecule has 0 aliphatic heterocycles. The Kier molecular flexibility index (Phi) is 2.43. The lowest BCUT2D eigenvalue weighted by atomic mass is 10.2. The molecule has 2 aromatic rings. The monoisotopic (exact) mass is 203 g/mol. The van der Waals surface area contributed by atoms with Crippen LogP contribution in [0.4, 0.5) is 0 Å². The predicted molar refractivity (Wildman–Crippen MR) is 57.8 cm³/mol. The topological polar surface area (TPSA) is 64.1 Å². The van der Waals surface area contributed by atoms with Crippen LogP contribution in [0.2, 0.25) is 0 Å². The quantitative estimate of drug-likeness (QED) is 0.779. The summed E-state index contributed by atoms with van der Waals surface area (Å²) in [5, 5.41) is 13.5. The molecule has 0 aliphatic rings. The number of hydrogen-bond acceptors (Lipinski definition) is 3. The van der Waals surface area contributed by atoms with E-state index in [0.29, 0.717) is 0 Å². The molecule has 0 spiro atoms. The molecule has 1 aromatic heterocycles. The molecule has 4 heteroatoms. The van der Waals surface area contributed by atoms with Gasteiger partial charge in [0.25, 0.3) is 0 Å². The number of aromatic nitrogens is 2. The SMILES string of the molecule is CC(N)c1cnn(-c2cccc(O)c2)c1. The standard InChI is InChI=1S/C11H13N3O/c1-8(12)9-6-13-14(7-9)10-3-2-4-11(15)5-10/h2-8,15H,12H2,1H3. The number of aromatic hydroxyl groups is 1. The smallest absolute Gasteiger partial charge is 0.117 e. The van der Waals surface area contributed by atoms with Gasteiger partial charge in [-0.25, -0.2) is 4.68 Å². The van der Waals surface area contributed by atoms with E-state index in [2.05, 4.69) is 5.10 Å². The van der Waals surface area contributed by atoms with Crippen molar-refractivity contribution in [3.63, 3.8) is 0 Å². The van der Waals surface area contributed by atoms with Crippen LogP contribution in [0.3, 0.4) is 0 Å². The molecule has 3 N–H and O–H groups in total. The molecule has 0 fully saturated rings. The summed E-state index contributed by atoms with van der Waals surface area (Å²) in [5.41, 5.74) is 7.52. The van der Waals surface area contributed by atoms with Crippen molar-refractivity contribution in [2.45, 2.75) is 13.0 Å². The van der Waals surface area contributed by atoms with Gasteiger partial charge in [0, 0.05) is 23.9 Å². The summed E-state index contributed by atoms with van der Waals surface area (Å²) >= 11 is 0. The lowest BCUT2D eigenvalue weighted by Crippen LogP contribution is -2.03. The third-order valence-electron chi connectivity index (χ3n) is 2.22. The third-order valence-corrected chi connectivity index (χ3v) is 2.22. The maximum atomic E-state index is 9.32. The summed E-state index contributed by atoms with van der Waals surface area (Å²) in [6, 6.07) is 6.89.